The van der Waals surface area contributed by atoms with Crippen LogP contribution in [0.25, 0.3) is 0 Å². The Kier molecular flexibility index (Phi) is 4.93. The van der Waals surface area contributed by atoms with E-state index in [2.05, 4.69) is 20.7 Å². The van der Waals surface area contributed by atoms with Crippen LogP contribution in [0.5, 0.6) is 0 Å². The fourth-order valence-electron chi connectivity index (χ4n) is 1.78. The van der Waals surface area contributed by atoms with Gasteiger partial charge in [-0.2, -0.15) is 0 Å². The molecule has 0 unspecified atom stereocenters. The van der Waals surface area contributed by atoms with Gasteiger partial charge < -0.3 is 5.73 Å². The first-order valence-corrected chi connectivity index (χ1v) is 8.75. The molecule has 2 aromatic carbocycles. The van der Waals surface area contributed by atoms with E-state index < -0.39 is 10.0 Å². The topological polar surface area (TPSA) is 72.2 Å². The van der Waals surface area contributed by atoms with Crippen LogP contribution in [-0.4, -0.2) is 8.42 Å². The summed E-state index contributed by atoms with van der Waals surface area (Å²) in [5.41, 5.74) is 7.45. The van der Waals surface area contributed by atoms with Gasteiger partial charge in [0.05, 0.1) is 15.6 Å². The van der Waals surface area contributed by atoms with Gasteiger partial charge in [-0.25, -0.2) is 13.1 Å². The molecule has 2 aromatic rings. The molecule has 0 fully saturated rings. The van der Waals surface area contributed by atoms with Gasteiger partial charge in [0, 0.05) is 11.0 Å². The summed E-state index contributed by atoms with van der Waals surface area (Å²) in [5, 5.41) is 0.377. The van der Waals surface area contributed by atoms with Crippen LogP contribution in [0.15, 0.2) is 45.8 Å². The van der Waals surface area contributed by atoms with E-state index in [1.165, 1.54) is 12.1 Å². The third-order valence-electron chi connectivity index (χ3n) is 2.95. The molecule has 0 spiro atoms. The SMILES string of the molecule is Cc1cc(S(=O)(=O)NCc2ccc(Br)cc2)cc(N)c1Cl. The molecule has 0 aliphatic carbocycles. The number of halogens is 2. The maximum atomic E-state index is 12.3. The number of hydrogen-bond donors (Lipinski definition) is 2. The molecule has 0 radical (unpaired) electrons. The van der Waals surface area contributed by atoms with Crippen molar-refractivity contribution < 1.29 is 8.42 Å². The van der Waals surface area contributed by atoms with E-state index in [0.717, 1.165) is 10.0 Å². The monoisotopic (exact) mass is 388 g/mol. The quantitative estimate of drug-likeness (QED) is 0.786. The van der Waals surface area contributed by atoms with Gasteiger partial charge in [-0.05, 0) is 42.3 Å². The van der Waals surface area contributed by atoms with Crippen molar-refractivity contribution >= 4 is 43.2 Å². The van der Waals surface area contributed by atoms with Crippen LogP contribution in [0.1, 0.15) is 11.1 Å². The Hall–Kier alpha value is -1.08. The molecule has 7 heteroatoms. The predicted octanol–water partition coefficient (Wildman–Crippen LogP) is 3.47. The Morgan fingerprint density at radius 1 is 1.24 bits per heavy atom. The highest BCUT2D eigenvalue weighted by Crippen LogP contribution is 2.26. The van der Waals surface area contributed by atoms with Gasteiger partial charge in [0.25, 0.3) is 0 Å². The molecule has 0 aliphatic rings. The van der Waals surface area contributed by atoms with E-state index in [1.807, 2.05) is 24.3 Å². The molecule has 0 atom stereocenters. The minimum absolute atomic E-state index is 0.110. The standard InChI is InChI=1S/C14H14BrClN2O2S/c1-9-6-12(7-13(17)14(9)16)21(19,20)18-8-10-2-4-11(15)5-3-10/h2-7,18H,8,17H2,1H3. The zero-order valence-corrected chi connectivity index (χ0v) is 14.4. The molecular weight excluding hydrogens is 376 g/mol. The average Bonchev–Trinajstić information content (AvgIpc) is 2.43. The van der Waals surface area contributed by atoms with Crippen LogP contribution in [-0.2, 0) is 16.6 Å². The molecular formula is C14H14BrClN2O2S. The fraction of sp³-hybridized carbons (Fsp3) is 0.143. The van der Waals surface area contributed by atoms with E-state index in [4.69, 9.17) is 17.3 Å². The van der Waals surface area contributed by atoms with Gasteiger partial charge in [-0.1, -0.05) is 39.7 Å². The molecule has 112 valence electrons. The molecule has 21 heavy (non-hydrogen) atoms. The lowest BCUT2D eigenvalue weighted by Crippen LogP contribution is -2.23. The summed E-state index contributed by atoms with van der Waals surface area (Å²) in [6.07, 6.45) is 0. The van der Waals surface area contributed by atoms with E-state index in [0.29, 0.717) is 10.6 Å². The van der Waals surface area contributed by atoms with Crippen molar-refractivity contribution in [1.82, 2.24) is 4.72 Å². The highest BCUT2D eigenvalue weighted by atomic mass is 79.9. The number of rotatable bonds is 4. The third kappa shape index (κ3) is 3.97. The first kappa shape index (κ1) is 16.3. The summed E-state index contributed by atoms with van der Waals surface area (Å²) in [6, 6.07) is 10.3. The van der Waals surface area contributed by atoms with Gasteiger partial charge in [0.15, 0.2) is 0 Å². The van der Waals surface area contributed by atoms with Crippen molar-refractivity contribution in [2.75, 3.05) is 5.73 Å². The summed E-state index contributed by atoms with van der Waals surface area (Å²) >= 11 is 9.27. The van der Waals surface area contributed by atoms with Crippen LogP contribution >= 0.6 is 27.5 Å². The summed E-state index contributed by atoms with van der Waals surface area (Å²) in [4.78, 5) is 0.110. The van der Waals surface area contributed by atoms with Crippen molar-refractivity contribution in [3.63, 3.8) is 0 Å². The Bertz CT molecular complexity index is 738. The van der Waals surface area contributed by atoms with Crippen LogP contribution < -0.4 is 10.5 Å². The molecule has 4 nitrogen and oxygen atoms in total. The number of benzene rings is 2. The molecule has 0 aliphatic heterocycles. The first-order chi connectivity index (χ1) is 9.79. The highest BCUT2D eigenvalue weighted by molar-refractivity contribution is 9.10. The number of nitrogen functional groups attached to an aromatic ring is 1. The molecule has 0 saturated heterocycles. The molecule has 3 N–H and O–H groups in total. The minimum atomic E-state index is -3.63. The van der Waals surface area contributed by atoms with Crippen LogP contribution in [0.3, 0.4) is 0 Å². The zero-order chi connectivity index (χ0) is 15.6. The van der Waals surface area contributed by atoms with Crippen molar-refractivity contribution in [3.05, 3.63) is 57.0 Å². The van der Waals surface area contributed by atoms with Crippen molar-refractivity contribution in [2.45, 2.75) is 18.4 Å². The molecule has 0 amide bonds. The van der Waals surface area contributed by atoms with Crippen molar-refractivity contribution in [3.8, 4) is 0 Å². The molecule has 0 heterocycles. The van der Waals surface area contributed by atoms with E-state index in [1.54, 1.807) is 6.92 Å². The lowest BCUT2D eigenvalue weighted by molar-refractivity contribution is 0.581. The van der Waals surface area contributed by atoms with Gasteiger partial charge in [-0.15, -0.1) is 0 Å². The second-order valence-electron chi connectivity index (χ2n) is 4.59. The van der Waals surface area contributed by atoms with E-state index in [9.17, 15) is 8.42 Å². The Labute approximate surface area is 137 Å². The lowest BCUT2D eigenvalue weighted by atomic mass is 10.2. The second-order valence-corrected chi connectivity index (χ2v) is 7.65. The normalized spacial score (nSPS) is 11.6. The number of anilines is 1. The molecule has 2 rings (SSSR count). The summed E-state index contributed by atoms with van der Waals surface area (Å²) in [7, 11) is -3.63. The van der Waals surface area contributed by atoms with Crippen molar-refractivity contribution in [2.24, 2.45) is 0 Å². The summed E-state index contributed by atoms with van der Waals surface area (Å²) in [5.74, 6) is 0. The summed E-state index contributed by atoms with van der Waals surface area (Å²) < 4.78 is 28.0. The number of hydrogen-bond acceptors (Lipinski definition) is 3. The third-order valence-corrected chi connectivity index (χ3v) is 5.37. The smallest absolute Gasteiger partial charge is 0.240 e. The van der Waals surface area contributed by atoms with Crippen LogP contribution in [0.2, 0.25) is 5.02 Å². The van der Waals surface area contributed by atoms with Crippen molar-refractivity contribution in [1.29, 1.82) is 0 Å². The maximum absolute atomic E-state index is 12.3. The van der Waals surface area contributed by atoms with Crippen LogP contribution in [0, 0.1) is 6.92 Å². The van der Waals surface area contributed by atoms with E-state index in [-0.39, 0.29) is 17.1 Å². The maximum Gasteiger partial charge on any atom is 0.240 e. The second kappa shape index (κ2) is 6.36. The van der Waals surface area contributed by atoms with Gasteiger partial charge in [-0.3, -0.25) is 0 Å². The number of sulfonamides is 1. The molecule has 0 saturated carbocycles. The Morgan fingerprint density at radius 3 is 2.43 bits per heavy atom. The number of nitrogens with one attached hydrogen (secondary N) is 1. The average molecular weight is 390 g/mol. The lowest BCUT2D eigenvalue weighted by Gasteiger charge is -2.10. The highest BCUT2D eigenvalue weighted by Gasteiger charge is 2.16. The predicted molar refractivity (Wildman–Crippen MR) is 88.8 cm³/mol. The van der Waals surface area contributed by atoms with Gasteiger partial charge >= 0.3 is 0 Å². The van der Waals surface area contributed by atoms with E-state index >= 15 is 0 Å². The first-order valence-electron chi connectivity index (χ1n) is 6.09. The Balaban J connectivity index is 2.20. The zero-order valence-electron chi connectivity index (χ0n) is 11.2. The molecule has 0 aromatic heterocycles. The minimum Gasteiger partial charge on any atom is -0.397 e. The summed E-state index contributed by atoms with van der Waals surface area (Å²) in [6.45, 7) is 1.92. The molecule has 0 bridgehead atoms. The van der Waals surface area contributed by atoms with Gasteiger partial charge in [0.1, 0.15) is 0 Å². The van der Waals surface area contributed by atoms with Gasteiger partial charge in [0.2, 0.25) is 10.0 Å². The fourth-order valence-corrected chi connectivity index (χ4v) is 3.29. The number of aryl methyl sites for hydroxylation is 1. The number of nitrogens with two attached hydrogens (primary N) is 1. The Morgan fingerprint density at radius 2 is 1.86 bits per heavy atom. The largest absolute Gasteiger partial charge is 0.397 e. The van der Waals surface area contributed by atoms with Crippen LogP contribution in [0.4, 0.5) is 5.69 Å².